The minimum absolute atomic E-state index is 0.0000481. The topological polar surface area (TPSA) is 102 Å². The van der Waals surface area contributed by atoms with Crippen molar-refractivity contribution < 1.29 is 29.0 Å². The SMILES string of the molecule is COCC(C)CC(=O)N[C@@H](CCC(=O)OC)C(=O)O. The summed E-state index contributed by atoms with van der Waals surface area (Å²) in [5, 5.41) is 11.3. The zero-order valence-corrected chi connectivity index (χ0v) is 11.5. The van der Waals surface area contributed by atoms with Crippen LogP contribution in [0.1, 0.15) is 26.2 Å². The molecular weight excluding hydrogens is 254 g/mol. The second-order valence-corrected chi connectivity index (χ2v) is 4.34. The fraction of sp³-hybridized carbons (Fsp3) is 0.750. The third kappa shape index (κ3) is 8.15. The quantitative estimate of drug-likeness (QED) is 0.582. The number of carbonyl (C=O) groups excluding carboxylic acids is 2. The molecule has 7 nitrogen and oxygen atoms in total. The predicted molar refractivity (Wildman–Crippen MR) is 66.5 cm³/mol. The van der Waals surface area contributed by atoms with Gasteiger partial charge in [0.2, 0.25) is 5.91 Å². The molecule has 0 aromatic rings. The highest BCUT2D eigenvalue weighted by Crippen LogP contribution is 2.04. The van der Waals surface area contributed by atoms with Gasteiger partial charge in [-0.15, -0.1) is 0 Å². The van der Waals surface area contributed by atoms with Crippen molar-refractivity contribution in [1.82, 2.24) is 5.32 Å². The number of esters is 1. The highest BCUT2D eigenvalue weighted by atomic mass is 16.5. The van der Waals surface area contributed by atoms with E-state index in [2.05, 4.69) is 10.1 Å². The summed E-state index contributed by atoms with van der Waals surface area (Å²) in [6.07, 6.45) is 0.129. The van der Waals surface area contributed by atoms with Crippen molar-refractivity contribution in [2.45, 2.75) is 32.2 Å². The lowest BCUT2D eigenvalue weighted by molar-refractivity contribution is -0.144. The van der Waals surface area contributed by atoms with Crippen LogP contribution in [0.3, 0.4) is 0 Å². The highest BCUT2D eigenvalue weighted by molar-refractivity contribution is 5.84. The molecule has 0 radical (unpaired) electrons. The maximum atomic E-state index is 11.6. The fourth-order valence-corrected chi connectivity index (χ4v) is 1.53. The van der Waals surface area contributed by atoms with Crippen LogP contribution in [-0.4, -0.2) is 49.8 Å². The van der Waals surface area contributed by atoms with Gasteiger partial charge >= 0.3 is 11.9 Å². The molecule has 19 heavy (non-hydrogen) atoms. The molecule has 0 aliphatic rings. The maximum absolute atomic E-state index is 11.6. The smallest absolute Gasteiger partial charge is 0.326 e. The summed E-state index contributed by atoms with van der Waals surface area (Å²) in [4.78, 5) is 33.5. The Morgan fingerprint density at radius 1 is 1.26 bits per heavy atom. The summed E-state index contributed by atoms with van der Waals surface area (Å²) in [6, 6.07) is -1.08. The first-order valence-corrected chi connectivity index (χ1v) is 5.98. The Labute approximate surface area is 112 Å². The Bertz CT molecular complexity index is 317. The zero-order valence-electron chi connectivity index (χ0n) is 11.5. The number of methoxy groups -OCH3 is 2. The Morgan fingerprint density at radius 3 is 2.37 bits per heavy atom. The van der Waals surface area contributed by atoms with Gasteiger partial charge < -0.3 is 19.9 Å². The van der Waals surface area contributed by atoms with Gasteiger partial charge in [-0.1, -0.05) is 6.92 Å². The molecule has 2 atom stereocenters. The van der Waals surface area contributed by atoms with Crippen molar-refractivity contribution in [3.63, 3.8) is 0 Å². The molecule has 0 aromatic carbocycles. The van der Waals surface area contributed by atoms with Crippen LogP contribution in [-0.2, 0) is 23.9 Å². The molecule has 0 bridgehead atoms. The first-order valence-electron chi connectivity index (χ1n) is 5.98. The molecular formula is C12H21NO6. The van der Waals surface area contributed by atoms with Crippen molar-refractivity contribution in [2.24, 2.45) is 5.92 Å². The normalized spacial score (nSPS) is 13.4. The van der Waals surface area contributed by atoms with Gasteiger partial charge in [-0.25, -0.2) is 4.79 Å². The summed E-state index contributed by atoms with van der Waals surface area (Å²) in [5.74, 6) is -2.05. The van der Waals surface area contributed by atoms with E-state index in [0.29, 0.717) is 6.61 Å². The molecule has 0 saturated heterocycles. The van der Waals surface area contributed by atoms with E-state index < -0.39 is 18.0 Å². The molecule has 0 saturated carbocycles. The second kappa shape index (κ2) is 9.32. The highest BCUT2D eigenvalue weighted by Gasteiger charge is 2.21. The van der Waals surface area contributed by atoms with E-state index in [1.54, 1.807) is 0 Å². The van der Waals surface area contributed by atoms with E-state index >= 15 is 0 Å². The van der Waals surface area contributed by atoms with Crippen LogP contribution in [0.15, 0.2) is 0 Å². The van der Waals surface area contributed by atoms with Crippen LogP contribution in [0.25, 0.3) is 0 Å². The van der Waals surface area contributed by atoms with Gasteiger partial charge in [0, 0.05) is 26.6 Å². The van der Waals surface area contributed by atoms with E-state index in [0.717, 1.165) is 0 Å². The largest absolute Gasteiger partial charge is 0.480 e. The summed E-state index contributed by atoms with van der Waals surface area (Å²) >= 11 is 0. The Hall–Kier alpha value is -1.63. The number of amides is 1. The lowest BCUT2D eigenvalue weighted by atomic mass is 10.1. The van der Waals surface area contributed by atoms with E-state index in [1.165, 1.54) is 14.2 Å². The number of hydrogen-bond acceptors (Lipinski definition) is 5. The summed E-state index contributed by atoms with van der Waals surface area (Å²) in [5.41, 5.74) is 0. The van der Waals surface area contributed by atoms with Crippen molar-refractivity contribution in [3.8, 4) is 0 Å². The van der Waals surface area contributed by atoms with Crippen LogP contribution in [0.5, 0.6) is 0 Å². The summed E-state index contributed by atoms with van der Waals surface area (Å²) < 4.78 is 9.31. The summed E-state index contributed by atoms with van der Waals surface area (Å²) in [6.45, 7) is 2.25. The van der Waals surface area contributed by atoms with Gasteiger partial charge in [-0.3, -0.25) is 9.59 Å². The number of hydrogen-bond donors (Lipinski definition) is 2. The van der Waals surface area contributed by atoms with E-state index in [9.17, 15) is 14.4 Å². The van der Waals surface area contributed by atoms with Gasteiger partial charge in [0.1, 0.15) is 6.04 Å². The van der Waals surface area contributed by atoms with E-state index in [4.69, 9.17) is 9.84 Å². The molecule has 1 unspecified atom stereocenters. The average molecular weight is 275 g/mol. The third-order valence-electron chi connectivity index (χ3n) is 2.48. The van der Waals surface area contributed by atoms with Gasteiger partial charge in [0.05, 0.1) is 7.11 Å². The average Bonchev–Trinajstić information content (AvgIpc) is 2.33. The number of ether oxygens (including phenoxy) is 2. The van der Waals surface area contributed by atoms with Gasteiger partial charge in [0.15, 0.2) is 0 Å². The van der Waals surface area contributed by atoms with Crippen molar-refractivity contribution >= 4 is 17.8 Å². The number of nitrogens with one attached hydrogen (secondary N) is 1. The van der Waals surface area contributed by atoms with Crippen molar-refractivity contribution in [2.75, 3.05) is 20.8 Å². The van der Waals surface area contributed by atoms with Crippen molar-refractivity contribution in [3.05, 3.63) is 0 Å². The standard InChI is InChI=1S/C12H21NO6/c1-8(7-18-2)6-10(14)13-9(12(16)17)4-5-11(15)19-3/h8-9H,4-7H2,1-3H3,(H,13,14)(H,16,17)/t8?,9-/m0/s1. The molecule has 2 N–H and O–H groups in total. The predicted octanol–water partition coefficient (Wildman–Crippen LogP) is 0.182. The Morgan fingerprint density at radius 2 is 1.89 bits per heavy atom. The monoisotopic (exact) mass is 275 g/mol. The Kier molecular flexibility index (Phi) is 8.52. The first-order chi connectivity index (χ1) is 8.90. The molecule has 110 valence electrons. The number of carboxylic acid groups (broad SMARTS) is 1. The van der Waals surface area contributed by atoms with Crippen molar-refractivity contribution in [1.29, 1.82) is 0 Å². The maximum Gasteiger partial charge on any atom is 0.326 e. The minimum atomic E-state index is -1.17. The van der Waals surface area contributed by atoms with Crippen LogP contribution in [0, 0.1) is 5.92 Å². The molecule has 0 aliphatic carbocycles. The van der Waals surface area contributed by atoms with E-state index in [1.807, 2.05) is 6.92 Å². The first kappa shape index (κ1) is 17.4. The van der Waals surface area contributed by atoms with Gasteiger partial charge in [-0.2, -0.15) is 0 Å². The van der Waals surface area contributed by atoms with Crippen LogP contribution >= 0.6 is 0 Å². The zero-order chi connectivity index (χ0) is 14.8. The van der Waals surface area contributed by atoms with Crippen LogP contribution in [0.2, 0.25) is 0 Å². The van der Waals surface area contributed by atoms with E-state index in [-0.39, 0.29) is 31.1 Å². The molecule has 0 rings (SSSR count). The Balaban J connectivity index is 4.22. The number of rotatable bonds is 9. The van der Waals surface area contributed by atoms with Gasteiger partial charge in [0.25, 0.3) is 0 Å². The van der Waals surface area contributed by atoms with Crippen LogP contribution < -0.4 is 5.32 Å². The number of aliphatic carboxylic acids is 1. The minimum Gasteiger partial charge on any atom is -0.480 e. The van der Waals surface area contributed by atoms with Crippen LogP contribution in [0.4, 0.5) is 0 Å². The fourth-order valence-electron chi connectivity index (χ4n) is 1.53. The molecule has 0 aromatic heterocycles. The third-order valence-corrected chi connectivity index (χ3v) is 2.48. The summed E-state index contributed by atoms with van der Waals surface area (Å²) in [7, 11) is 2.76. The molecule has 0 fully saturated rings. The molecule has 1 amide bonds. The lowest BCUT2D eigenvalue weighted by Crippen LogP contribution is -2.41. The molecule has 0 spiro atoms. The molecule has 0 heterocycles. The lowest BCUT2D eigenvalue weighted by Gasteiger charge is -2.15. The second-order valence-electron chi connectivity index (χ2n) is 4.34. The molecule has 7 heteroatoms. The molecule has 0 aliphatic heterocycles. The number of carbonyl (C=O) groups is 3. The number of carboxylic acids is 1. The van der Waals surface area contributed by atoms with Gasteiger partial charge in [-0.05, 0) is 12.3 Å².